The molecule has 2 aromatic carbocycles. The van der Waals surface area contributed by atoms with Crippen LogP contribution < -0.4 is 11.1 Å². The van der Waals surface area contributed by atoms with Crippen LogP contribution in [-0.4, -0.2) is 91.5 Å². The summed E-state index contributed by atoms with van der Waals surface area (Å²) < 4.78 is 28.7. The average molecular weight is 570 g/mol. The van der Waals surface area contributed by atoms with Crippen molar-refractivity contribution in [2.75, 3.05) is 40.3 Å². The third kappa shape index (κ3) is 5.39. The summed E-state index contributed by atoms with van der Waals surface area (Å²) in [6.45, 7) is 1.85. The molecule has 1 unspecified atom stereocenters. The Morgan fingerprint density at radius 2 is 1.92 bits per heavy atom. The van der Waals surface area contributed by atoms with Crippen LogP contribution in [0.4, 0.5) is 0 Å². The van der Waals surface area contributed by atoms with Gasteiger partial charge in [0, 0.05) is 63.1 Å². The number of amidine groups is 1. The number of carbonyl (C=O) groups excluding carboxylic acids is 2. The number of benzene rings is 2. The van der Waals surface area contributed by atoms with Crippen molar-refractivity contribution < 1.29 is 18.0 Å². The minimum absolute atomic E-state index is 0.0131. The number of likely N-dealkylation sites (N-methyl/N-ethyl adjacent to an activating group) is 1. The number of nitrogens with two attached hydrogens (primary N) is 1. The molecule has 0 saturated carbocycles. The number of fused-ring (bicyclic) bond motifs is 2. The Balaban J connectivity index is 1.41. The molecule has 3 aromatic rings. The van der Waals surface area contributed by atoms with Gasteiger partial charge in [-0.2, -0.15) is 4.31 Å². The Morgan fingerprint density at radius 1 is 1.15 bits per heavy atom. The number of sulfonamides is 1. The van der Waals surface area contributed by atoms with Crippen molar-refractivity contribution in [1.29, 1.82) is 5.41 Å². The van der Waals surface area contributed by atoms with Crippen molar-refractivity contribution in [3.63, 3.8) is 0 Å². The lowest BCUT2D eigenvalue weighted by Gasteiger charge is -2.40. The predicted octanol–water partition coefficient (Wildman–Crippen LogP) is 1.22. The Morgan fingerprint density at radius 3 is 2.67 bits per heavy atom. The molecule has 1 fully saturated rings. The molecule has 0 bridgehead atoms. The van der Waals surface area contributed by atoms with Crippen LogP contribution in [0.15, 0.2) is 41.3 Å². The van der Waals surface area contributed by atoms with E-state index in [0.717, 1.165) is 35.5 Å². The summed E-state index contributed by atoms with van der Waals surface area (Å²) in [6.07, 6.45) is 0.755. The number of amides is 2. The van der Waals surface area contributed by atoms with Crippen LogP contribution in [0.5, 0.6) is 0 Å². The molecule has 2 amide bonds. The minimum Gasteiger partial charge on any atom is -0.384 e. The Bertz CT molecular complexity index is 1570. The molecule has 39 heavy (non-hydrogen) atoms. The van der Waals surface area contributed by atoms with Gasteiger partial charge < -0.3 is 20.9 Å². The fourth-order valence-corrected chi connectivity index (χ4v) is 7.69. The highest BCUT2D eigenvalue weighted by molar-refractivity contribution is 7.89. The second-order valence-corrected chi connectivity index (χ2v) is 12.9. The summed E-state index contributed by atoms with van der Waals surface area (Å²) in [5.74, 6) is -0.652. The number of thiazole rings is 1. The number of carbonyl (C=O) groups is 2. The topological polar surface area (TPSA) is 153 Å². The van der Waals surface area contributed by atoms with Crippen molar-refractivity contribution in [3.05, 3.63) is 57.5 Å². The monoisotopic (exact) mass is 569 g/mol. The normalized spacial score (nSPS) is 18.6. The minimum atomic E-state index is -3.92. The van der Waals surface area contributed by atoms with Gasteiger partial charge >= 0.3 is 0 Å². The van der Waals surface area contributed by atoms with Crippen LogP contribution in [0.1, 0.15) is 32.4 Å². The van der Waals surface area contributed by atoms with E-state index in [2.05, 4.69) is 15.2 Å². The van der Waals surface area contributed by atoms with Crippen molar-refractivity contribution in [1.82, 2.24) is 24.4 Å². The second kappa shape index (κ2) is 10.6. The van der Waals surface area contributed by atoms with E-state index in [1.165, 1.54) is 22.7 Å². The zero-order chi connectivity index (χ0) is 27.9. The van der Waals surface area contributed by atoms with Crippen molar-refractivity contribution >= 4 is 49.8 Å². The summed E-state index contributed by atoms with van der Waals surface area (Å²) in [5, 5.41) is 12.1. The van der Waals surface area contributed by atoms with Gasteiger partial charge in [-0.25, -0.2) is 13.4 Å². The maximum absolute atomic E-state index is 13.7. The van der Waals surface area contributed by atoms with Gasteiger partial charge in [-0.1, -0.05) is 18.2 Å². The summed E-state index contributed by atoms with van der Waals surface area (Å²) in [5.41, 5.74) is 7.06. The smallest absolute Gasteiger partial charge is 0.283 e. The van der Waals surface area contributed by atoms with Gasteiger partial charge in [0.2, 0.25) is 15.9 Å². The van der Waals surface area contributed by atoms with E-state index in [-0.39, 0.29) is 48.6 Å². The first-order chi connectivity index (χ1) is 18.6. The molecule has 13 heteroatoms. The fourth-order valence-electron chi connectivity index (χ4n) is 5.04. The van der Waals surface area contributed by atoms with E-state index in [4.69, 9.17) is 11.1 Å². The molecule has 2 aliphatic heterocycles. The third-order valence-electron chi connectivity index (χ3n) is 7.27. The zero-order valence-corrected chi connectivity index (χ0v) is 23.4. The quantitative estimate of drug-likeness (QED) is 0.298. The number of nitrogens with zero attached hydrogens (tertiary/aromatic N) is 4. The number of nitrogens with one attached hydrogen (secondary N) is 2. The van der Waals surface area contributed by atoms with Gasteiger partial charge in [0.15, 0.2) is 5.01 Å². The number of nitrogen functional groups attached to an aromatic ring is 1. The largest absolute Gasteiger partial charge is 0.384 e. The molecule has 1 atom stereocenters. The van der Waals surface area contributed by atoms with E-state index >= 15 is 0 Å². The van der Waals surface area contributed by atoms with Gasteiger partial charge in [0.1, 0.15) is 5.84 Å². The number of hydrogen-bond acceptors (Lipinski definition) is 8. The van der Waals surface area contributed by atoms with E-state index < -0.39 is 16.1 Å². The van der Waals surface area contributed by atoms with Gasteiger partial charge in [0.05, 0.1) is 16.6 Å². The van der Waals surface area contributed by atoms with E-state index in [1.54, 1.807) is 41.3 Å². The molecule has 3 heterocycles. The highest BCUT2D eigenvalue weighted by Crippen LogP contribution is 2.29. The lowest BCUT2D eigenvalue weighted by molar-refractivity contribution is -0.121. The van der Waals surface area contributed by atoms with Gasteiger partial charge in [0.25, 0.3) is 5.91 Å². The summed E-state index contributed by atoms with van der Waals surface area (Å²) >= 11 is 1.37. The molecule has 5 rings (SSSR count). The summed E-state index contributed by atoms with van der Waals surface area (Å²) in [4.78, 5) is 35.5. The van der Waals surface area contributed by atoms with Crippen LogP contribution in [0.3, 0.4) is 0 Å². The van der Waals surface area contributed by atoms with Crippen molar-refractivity contribution in [2.24, 2.45) is 5.73 Å². The highest BCUT2D eigenvalue weighted by Gasteiger charge is 2.38. The molecule has 4 N–H and O–H groups in total. The molecule has 1 saturated heterocycles. The van der Waals surface area contributed by atoms with Gasteiger partial charge in [-0.05, 0) is 36.0 Å². The number of rotatable bonds is 6. The number of hydrogen-bond donors (Lipinski definition) is 3. The maximum atomic E-state index is 13.7. The Labute approximate surface area is 231 Å². The lowest BCUT2D eigenvalue weighted by Crippen LogP contribution is -2.57. The van der Waals surface area contributed by atoms with Crippen LogP contribution >= 0.6 is 11.3 Å². The van der Waals surface area contributed by atoms with Crippen molar-refractivity contribution in [3.8, 4) is 0 Å². The number of aromatic nitrogens is 1. The van der Waals surface area contributed by atoms with Gasteiger partial charge in [-0.3, -0.25) is 15.0 Å². The van der Waals surface area contributed by atoms with E-state index in [1.807, 2.05) is 7.05 Å². The SMILES string of the molecule is CNC(=O)CC1CN(S(=O)(=O)c2ccc3ccc(C(=N)N)cc3c2)CCN1C(=O)c1nc2c(s1)CN(C)CC2. The molecule has 1 aromatic heterocycles. The molecule has 0 radical (unpaired) electrons. The molecule has 206 valence electrons. The van der Waals surface area contributed by atoms with Gasteiger partial charge in [-0.15, -0.1) is 11.3 Å². The third-order valence-corrected chi connectivity index (χ3v) is 10.2. The molecule has 11 nitrogen and oxygen atoms in total. The average Bonchev–Trinajstić information content (AvgIpc) is 3.35. The lowest BCUT2D eigenvalue weighted by atomic mass is 10.1. The highest BCUT2D eigenvalue weighted by atomic mass is 32.2. The fraction of sp³-hybridized carbons (Fsp3) is 0.385. The van der Waals surface area contributed by atoms with Crippen LogP contribution in [0, 0.1) is 5.41 Å². The van der Waals surface area contributed by atoms with Crippen LogP contribution in [0.25, 0.3) is 10.8 Å². The van der Waals surface area contributed by atoms with Crippen molar-refractivity contribution in [2.45, 2.75) is 30.3 Å². The van der Waals surface area contributed by atoms with E-state index in [9.17, 15) is 18.0 Å². The van der Waals surface area contributed by atoms with E-state index in [0.29, 0.717) is 16.0 Å². The number of piperazine rings is 1. The molecule has 0 spiro atoms. The molecule has 2 aliphatic rings. The Hall–Kier alpha value is -3.39. The molecular formula is C26H31N7O4S2. The predicted molar refractivity (Wildman–Crippen MR) is 149 cm³/mol. The second-order valence-electron chi connectivity index (χ2n) is 9.91. The maximum Gasteiger partial charge on any atom is 0.283 e. The molecular weight excluding hydrogens is 538 g/mol. The first-order valence-corrected chi connectivity index (χ1v) is 14.9. The standard InChI is InChI=1S/C26H31N7O4S2/c1-29-23(34)13-19-14-32(9-10-33(19)26(35)25-30-21-7-8-31(2)15-22(21)38-25)39(36,37)20-6-5-16-3-4-17(24(27)28)11-18(16)12-20/h3-6,11-12,19H,7-10,13-15H2,1-2H3,(H3,27,28)(H,29,34). The van der Waals surface area contributed by atoms with Crippen LogP contribution in [0.2, 0.25) is 0 Å². The first-order valence-electron chi connectivity index (χ1n) is 12.6. The summed E-state index contributed by atoms with van der Waals surface area (Å²) in [6, 6.07) is 9.39. The Kier molecular flexibility index (Phi) is 7.42. The first kappa shape index (κ1) is 27.2. The zero-order valence-electron chi connectivity index (χ0n) is 21.8. The summed E-state index contributed by atoms with van der Waals surface area (Å²) in [7, 11) is -0.380. The van der Waals surface area contributed by atoms with Crippen LogP contribution in [-0.2, 0) is 27.8 Å². The molecule has 0 aliphatic carbocycles.